The Kier molecular flexibility index (Phi) is 5.38. The minimum atomic E-state index is -0.859. The van der Waals surface area contributed by atoms with Crippen LogP contribution >= 0.6 is 11.6 Å². The Morgan fingerprint density at radius 3 is 2.71 bits per heavy atom. The summed E-state index contributed by atoms with van der Waals surface area (Å²) in [7, 11) is 0. The third kappa shape index (κ3) is 3.64. The summed E-state index contributed by atoms with van der Waals surface area (Å²) in [5.41, 5.74) is 6.93. The first kappa shape index (κ1) is 17.7. The topological polar surface area (TPSA) is 120 Å². The van der Waals surface area contributed by atoms with Gasteiger partial charge in [-0.2, -0.15) is 0 Å². The van der Waals surface area contributed by atoms with Gasteiger partial charge < -0.3 is 21.6 Å². The van der Waals surface area contributed by atoms with Gasteiger partial charge >= 0.3 is 6.03 Å². The Morgan fingerprint density at radius 2 is 2.12 bits per heavy atom. The molecular weight excluding hydrogens is 332 g/mol. The second-order valence-electron chi connectivity index (χ2n) is 5.12. The van der Waals surface area contributed by atoms with E-state index in [9.17, 15) is 9.59 Å². The van der Waals surface area contributed by atoms with Crippen LogP contribution in [0.4, 0.5) is 16.2 Å². The van der Waals surface area contributed by atoms with Gasteiger partial charge in [0.15, 0.2) is 0 Å². The van der Waals surface area contributed by atoms with Crippen LogP contribution < -0.4 is 16.0 Å². The van der Waals surface area contributed by atoms with Crippen molar-refractivity contribution in [3.63, 3.8) is 0 Å². The van der Waals surface area contributed by atoms with E-state index in [1.807, 2.05) is 0 Å². The maximum absolute atomic E-state index is 12.2. The van der Waals surface area contributed by atoms with E-state index in [2.05, 4.69) is 5.32 Å². The summed E-state index contributed by atoms with van der Waals surface area (Å²) in [4.78, 5) is 25.1. The van der Waals surface area contributed by atoms with E-state index in [-0.39, 0.29) is 18.0 Å². The number of ketones is 1. The largest absolute Gasteiger partial charge is 0.395 e. The van der Waals surface area contributed by atoms with Gasteiger partial charge in [-0.05, 0) is 42.8 Å². The zero-order valence-corrected chi connectivity index (χ0v) is 13.7. The van der Waals surface area contributed by atoms with Crippen LogP contribution in [0.3, 0.4) is 0 Å². The lowest BCUT2D eigenvalue weighted by Crippen LogP contribution is -2.39. The molecule has 1 aromatic carbocycles. The Hall–Kier alpha value is -2.64. The summed E-state index contributed by atoms with van der Waals surface area (Å²) in [5.74, 6) is -0.416. The molecule has 0 bridgehead atoms. The summed E-state index contributed by atoms with van der Waals surface area (Å²) in [6.07, 6.45) is 2.58. The van der Waals surface area contributed by atoms with E-state index < -0.39 is 11.8 Å². The molecule has 1 aromatic rings. The molecule has 0 aliphatic heterocycles. The molecule has 1 aliphatic carbocycles. The molecule has 5 N–H and O–H groups in total. The van der Waals surface area contributed by atoms with Crippen LogP contribution in [-0.2, 0) is 4.79 Å². The number of primary amides is 1. The number of allylic oxidation sites excluding steroid dienone is 3. The van der Waals surface area contributed by atoms with Gasteiger partial charge in [-0.3, -0.25) is 9.69 Å². The number of urea groups is 1. The minimum absolute atomic E-state index is 0.00904. The van der Waals surface area contributed by atoms with Crippen molar-refractivity contribution < 1.29 is 14.7 Å². The van der Waals surface area contributed by atoms with Gasteiger partial charge in [0, 0.05) is 6.54 Å². The Morgan fingerprint density at radius 1 is 1.42 bits per heavy atom. The minimum Gasteiger partial charge on any atom is -0.395 e. The zero-order valence-electron chi connectivity index (χ0n) is 13.0. The number of nitrogens with one attached hydrogen (secondary N) is 2. The lowest BCUT2D eigenvalue weighted by atomic mass is 10.0. The number of hydrogen-bond donors (Lipinski definition) is 4. The lowest BCUT2D eigenvalue weighted by molar-refractivity contribution is -0.111. The van der Waals surface area contributed by atoms with Gasteiger partial charge in [-0.25, -0.2) is 4.79 Å². The molecule has 7 nitrogen and oxygen atoms in total. The van der Waals surface area contributed by atoms with E-state index in [1.54, 1.807) is 19.1 Å². The van der Waals surface area contributed by atoms with Crippen molar-refractivity contribution in [1.82, 2.24) is 0 Å². The van der Waals surface area contributed by atoms with E-state index in [0.29, 0.717) is 28.5 Å². The maximum Gasteiger partial charge on any atom is 0.324 e. The number of nitrogens with two attached hydrogens (primary N) is 1. The fourth-order valence-corrected chi connectivity index (χ4v) is 2.45. The van der Waals surface area contributed by atoms with E-state index in [4.69, 9.17) is 27.9 Å². The number of aliphatic hydroxyl groups is 1. The van der Waals surface area contributed by atoms with Crippen LogP contribution in [0, 0.1) is 5.41 Å². The first-order valence-corrected chi connectivity index (χ1v) is 7.50. The molecule has 0 saturated heterocycles. The second-order valence-corrected chi connectivity index (χ2v) is 5.53. The van der Waals surface area contributed by atoms with Crippen molar-refractivity contribution in [2.24, 2.45) is 5.73 Å². The molecule has 0 fully saturated rings. The third-order valence-electron chi connectivity index (χ3n) is 3.41. The molecule has 2 amide bonds. The molecule has 8 heteroatoms. The van der Waals surface area contributed by atoms with Crippen molar-refractivity contribution in [2.75, 3.05) is 23.4 Å². The Labute approximate surface area is 143 Å². The first-order valence-electron chi connectivity index (χ1n) is 7.12. The number of amides is 2. The number of rotatable bonds is 5. The Bertz CT molecular complexity index is 771. The molecule has 0 aromatic heterocycles. The van der Waals surface area contributed by atoms with Gasteiger partial charge in [0.2, 0.25) is 5.78 Å². The average Bonchev–Trinajstić information content (AvgIpc) is 2.51. The third-order valence-corrected chi connectivity index (χ3v) is 3.72. The second kappa shape index (κ2) is 7.29. The van der Waals surface area contributed by atoms with Crippen LogP contribution in [0.25, 0.3) is 0 Å². The molecule has 0 heterocycles. The van der Waals surface area contributed by atoms with Crippen molar-refractivity contribution in [3.8, 4) is 0 Å². The number of halogens is 1. The molecule has 126 valence electrons. The number of nitrogens with zero attached hydrogens (tertiary/aromatic N) is 1. The summed E-state index contributed by atoms with van der Waals surface area (Å²) in [6.45, 7) is 1.91. The van der Waals surface area contributed by atoms with Crippen molar-refractivity contribution in [2.45, 2.75) is 6.92 Å². The van der Waals surface area contributed by atoms with Crippen LogP contribution in [0.15, 0.2) is 41.6 Å². The molecule has 1 aliphatic rings. The number of benzene rings is 1. The van der Waals surface area contributed by atoms with Gasteiger partial charge in [-0.15, -0.1) is 0 Å². The number of anilines is 2. The van der Waals surface area contributed by atoms with Crippen molar-refractivity contribution >= 4 is 40.5 Å². The molecule has 0 atom stereocenters. The van der Waals surface area contributed by atoms with Crippen LogP contribution in [-0.4, -0.2) is 35.8 Å². The standard InChI is InChI=1S/C16H17ClN4O3/c1-9-6-15(23)14(8-12(9)18)21(16(19)24)10-2-3-13(11(17)7-10)20-4-5-22/h2-3,6-8,18,20,22H,4-5H2,1H3,(H2,19,24). The van der Waals surface area contributed by atoms with Gasteiger partial charge in [0.05, 0.1) is 28.7 Å². The van der Waals surface area contributed by atoms with Crippen molar-refractivity contribution in [3.05, 3.63) is 46.6 Å². The molecule has 0 saturated carbocycles. The monoisotopic (exact) mass is 348 g/mol. The van der Waals surface area contributed by atoms with E-state index in [1.165, 1.54) is 18.2 Å². The fraction of sp³-hybridized carbons (Fsp3) is 0.188. The lowest BCUT2D eigenvalue weighted by Gasteiger charge is -2.25. The molecule has 0 radical (unpaired) electrons. The summed E-state index contributed by atoms with van der Waals surface area (Å²) >= 11 is 6.16. The molecule has 24 heavy (non-hydrogen) atoms. The zero-order chi connectivity index (χ0) is 17.9. The predicted octanol–water partition coefficient (Wildman–Crippen LogP) is 2.06. The van der Waals surface area contributed by atoms with Gasteiger partial charge in [-0.1, -0.05) is 11.6 Å². The Balaban J connectivity index is 2.41. The quantitative estimate of drug-likeness (QED) is 0.609. The highest BCUT2D eigenvalue weighted by molar-refractivity contribution is 6.33. The van der Waals surface area contributed by atoms with Crippen LogP contribution in [0.2, 0.25) is 5.02 Å². The van der Waals surface area contributed by atoms with E-state index in [0.717, 1.165) is 4.90 Å². The highest BCUT2D eigenvalue weighted by atomic mass is 35.5. The van der Waals surface area contributed by atoms with E-state index >= 15 is 0 Å². The van der Waals surface area contributed by atoms with Gasteiger partial charge in [0.1, 0.15) is 5.70 Å². The summed E-state index contributed by atoms with van der Waals surface area (Å²) < 4.78 is 0. The molecular formula is C16H17ClN4O3. The van der Waals surface area contributed by atoms with Gasteiger partial charge in [0.25, 0.3) is 0 Å². The fourth-order valence-electron chi connectivity index (χ4n) is 2.21. The summed E-state index contributed by atoms with van der Waals surface area (Å²) in [5, 5.41) is 19.9. The SMILES string of the molecule is CC1=CC(=O)C(N(C(N)=O)c2ccc(NCCO)c(Cl)c2)=CC1=N. The maximum atomic E-state index is 12.2. The van der Waals surface area contributed by atoms with Crippen LogP contribution in [0.1, 0.15) is 6.92 Å². The summed E-state index contributed by atoms with van der Waals surface area (Å²) in [6, 6.07) is 3.81. The normalized spacial score (nSPS) is 14.1. The molecule has 0 spiro atoms. The predicted molar refractivity (Wildman–Crippen MR) is 93.7 cm³/mol. The highest BCUT2D eigenvalue weighted by Gasteiger charge is 2.26. The number of aliphatic hydroxyl groups excluding tert-OH is 1. The van der Waals surface area contributed by atoms with Crippen molar-refractivity contribution in [1.29, 1.82) is 5.41 Å². The average molecular weight is 349 g/mol. The molecule has 2 rings (SSSR count). The highest BCUT2D eigenvalue weighted by Crippen LogP contribution is 2.30. The first-order chi connectivity index (χ1) is 11.3. The number of carbonyl (C=O) groups excluding carboxylic acids is 2. The molecule has 0 unspecified atom stereocenters. The smallest absolute Gasteiger partial charge is 0.324 e. The number of carbonyl (C=O) groups is 2. The van der Waals surface area contributed by atoms with Crippen LogP contribution in [0.5, 0.6) is 0 Å². The number of hydrogen-bond acceptors (Lipinski definition) is 5.